The zero-order chi connectivity index (χ0) is 46.5. The lowest BCUT2D eigenvalue weighted by atomic mass is 9.55. The third-order valence-electron chi connectivity index (χ3n) is 16.6. The molecule has 4 N–H and O–H groups in total. The molecule has 348 valence electrons. The molecule has 4 saturated carbocycles. The second-order valence-electron chi connectivity index (χ2n) is 19.9. The van der Waals surface area contributed by atoms with Gasteiger partial charge in [0.25, 0.3) is 0 Å². The number of aliphatic hydroxyl groups is 2. The fourth-order valence-corrected chi connectivity index (χ4v) is 13.0. The van der Waals surface area contributed by atoms with Gasteiger partial charge in [0, 0.05) is 17.2 Å². The van der Waals surface area contributed by atoms with Crippen molar-refractivity contribution in [3.8, 4) is 29.1 Å². The van der Waals surface area contributed by atoms with E-state index in [1.54, 1.807) is 31.4 Å². The van der Waals surface area contributed by atoms with E-state index in [0.717, 1.165) is 97.4 Å². The minimum Gasteiger partial charge on any atom is -0.504 e. The zero-order valence-electron chi connectivity index (χ0n) is 38.0. The summed E-state index contributed by atoms with van der Waals surface area (Å²) in [6.45, 7) is 4.69. The molecule has 4 aromatic carbocycles. The molecule has 0 aromatic heterocycles. The van der Waals surface area contributed by atoms with Crippen LogP contribution in [0.1, 0.15) is 129 Å². The number of rotatable bonds is 8. The van der Waals surface area contributed by atoms with Crippen molar-refractivity contribution < 1.29 is 48.4 Å². The molecule has 4 fully saturated rings. The number of aromatic hydroxyl groups is 2. The van der Waals surface area contributed by atoms with Gasteiger partial charge < -0.3 is 39.6 Å². The quantitative estimate of drug-likeness (QED) is 0.126. The van der Waals surface area contributed by atoms with Crippen LogP contribution in [0.3, 0.4) is 0 Å². The number of nitrogens with zero attached hydrogens (tertiary/aromatic N) is 3. The molecule has 0 amide bonds. The average molecular weight is 904 g/mol. The normalized spacial score (nSPS) is 31.4. The zero-order valence-corrected chi connectivity index (χ0v) is 38.0. The van der Waals surface area contributed by atoms with Crippen LogP contribution in [0.15, 0.2) is 77.0 Å². The summed E-state index contributed by atoms with van der Waals surface area (Å²) in [5.41, 5.74) is 7.27. The molecule has 0 bridgehead atoms. The predicted molar refractivity (Wildman–Crippen MR) is 243 cm³/mol. The number of hydrogen-bond donors (Lipinski definition) is 4. The van der Waals surface area contributed by atoms with Crippen molar-refractivity contribution in [3.05, 3.63) is 117 Å². The largest absolute Gasteiger partial charge is 0.504 e. The van der Waals surface area contributed by atoms with Gasteiger partial charge in [-0.3, -0.25) is 0 Å². The number of methoxy groups -OCH3 is 2. The summed E-state index contributed by atoms with van der Waals surface area (Å²) in [6.07, 6.45) is 8.48. The van der Waals surface area contributed by atoms with Gasteiger partial charge in [0.1, 0.15) is 24.8 Å². The predicted octanol–water partition coefficient (Wildman–Crippen LogP) is 10.1. The minimum atomic E-state index is -0.662. The second kappa shape index (κ2) is 18.2. The van der Waals surface area contributed by atoms with E-state index in [1.165, 1.54) is 19.2 Å². The first-order valence-electron chi connectivity index (χ1n) is 23.2. The number of hydrogen-bond acceptors (Lipinski definition) is 11. The van der Waals surface area contributed by atoms with Crippen LogP contribution in [-0.2, 0) is 22.9 Å². The van der Waals surface area contributed by atoms with Crippen molar-refractivity contribution in [1.82, 2.24) is 0 Å². The number of oxime groups is 2. The summed E-state index contributed by atoms with van der Waals surface area (Å²) in [5, 5.41) is 60.2. The van der Waals surface area contributed by atoms with E-state index in [9.17, 15) is 29.2 Å². The Kier molecular flexibility index (Phi) is 12.5. The molecule has 0 saturated heterocycles. The monoisotopic (exact) mass is 903 g/mol. The average Bonchev–Trinajstić information content (AvgIpc) is 3.79. The lowest BCUT2D eigenvalue weighted by Crippen LogP contribution is -2.45. The Hall–Kier alpha value is -5.71. The van der Waals surface area contributed by atoms with E-state index < -0.39 is 11.6 Å². The highest BCUT2D eigenvalue weighted by atomic mass is 19.1. The third kappa shape index (κ3) is 8.25. The molecule has 2 unspecified atom stereocenters. The number of phenols is 2. The molecule has 6 aliphatic carbocycles. The lowest BCUT2D eigenvalue weighted by Gasteiger charge is -2.50. The maximum Gasteiger partial charge on any atom is 0.160 e. The Bertz CT molecular complexity index is 2560. The Morgan fingerprint density at radius 3 is 1.53 bits per heavy atom. The van der Waals surface area contributed by atoms with Crippen LogP contribution < -0.4 is 9.47 Å². The fraction of sp³-hybridized carbons (Fsp3) is 0.491. The summed E-state index contributed by atoms with van der Waals surface area (Å²) < 4.78 is 37.8. The Balaban J connectivity index is 0.000000166. The Labute approximate surface area is 384 Å². The van der Waals surface area contributed by atoms with Crippen LogP contribution in [0.25, 0.3) is 0 Å². The first-order chi connectivity index (χ1) is 31.7. The highest BCUT2D eigenvalue weighted by Gasteiger charge is 2.57. The Morgan fingerprint density at radius 2 is 1.09 bits per heavy atom. The first-order valence-corrected chi connectivity index (χ1v) is 23.2. The van der Waals surface area contributed by atoms with Crippen LogP contribution in [0, 0.1) is 57.5 Å². The van der Waals surface area contributed by atoms with Crippen LogP contribution in [0.4, 0.5) is 8.78 Å². The number of benzene rings is 4. The van der Waals surface area contributed by atoms with Gasteiger partial charge in [-0.25, -0.2) is 8.78 Å². The van der Waals surface area contributed by atoms with Gasteiger partial charge in [0.15, 0.2) is 23.0 Å². The molecule has 10 rings (SSSR count). The first kappa shape index (κ1) is 45.4. The number of phenolic OH excluding ortho intramolecular Hbond substituents is 2. The van der Waals surface area contributed by atoms with Gasteiger partial charge in [-0.05, 0) is 181 Å². The summed E-state index contributed by atoms with van der Waals surface area (Å²) in [7, 11) is 3.10. The van der Waals surface area contributed by atoms with Crippen LogP contribution >= 0.6 is 0 Å². The van der Waals surface area contributed by atoms with Crippen molar-refractivity contribution in [2.45, 2.75) is 115 Å². The van der Waals surface area contributed by atoms with Gasteiger partial charge in [-0.15, -0.1) is 0 Å². The maximum atomic E-state index is 13.5. The smallest absolute Gasteiger partial charge is 0.160 e. The van der Waals surface area contributed by atoms with Gasteiger partial charge in [0.05, 0.1) is 49.5 Å². The van der Waals surface area contributed by atoms with Crippen molar-refractivity contribution in [2.24, 2.45) is 44.8 Å². The van der Waals surface area contributed by atoms with Crippen molar-refractivity contribution >= 4 is 11.4 Å². The van der Waals surface area contributed by atoms with Crippen LogP contribution in [0.5, 0.6) is 23.0 Å². The van der Waals surface area contributed by atoms with Crippen molar-refractivity contribution in [2.75, 3.05) is 14.2 Å². The summed E-state index contributed by atoms with van der Waals surface area (Å²) in [4.78, 5) is 11.3. The summed E-state index contributed by atoms with van der Waals surface area (Å²) >= 11 is 0. The van der Waals surface area contributed by atoms with E-state index in [1.807, 2.05) is 24.3 Å². The highest BCUT2D eigenvalue weighted by Crippen LogP contribution is 2.63. The highest BCUT2D eigenvalue weighted by molar-refractivity contribution is 6.04. The molecule has 66 heavy (non-hydrogen) atoms. The molecule has 4 aromatic rings. The van der Waals surface area contributed by atoms with Crippen LogP contribution in [-0.4, -0.2) is 58.3 Å². The van der Waals surface area contributed by atoms with Crippen molar-refractivity contribution in [3.63, 3.8) is 0 Å². The molecular weight excluding hydrogens is 845 g/mol. The lowest BCUT2D eigenvalue weighted by molar-refractivity contribution is -0.0180. The molecule has 0 spiro atoms. The molecule has 11 nitrogen and oxygen atoms in total. The molecule has 0 heterocycles. The fourth-order valence-electron chi connectivity index (χ4n) is 13.0. The van der Waals surface area contributed by atoms with E-state index >= 15 is 0 Å². The Morgan fingerprint density at radius 1 is 0.636 bits per heavy atom. The van der Waals surface area contributed by atoms with Gasteiger partial charge >= 0.3 is 0 Å². The van der Waals surface area contributed by atoms with Gasteiger partial charge in [-0.1, -0.05) is 36.3 Å². The molecular formula is C53H59F2N3O8. The van der Waals surface area contributed by atoms with Gasteiger partial charge in [-0.2, -0.15) is 5.26 Å². The molecule has 10 atom stereocenters. The summed E-state index contributed by atoms with van der Waals surface area (Å²) in [5.74, 6) is 1.82. The maximum absolute atomic E-state index is 13.5. The van der Waals surface area contributed by atoms with Gasteiger partial charge in [0.2, 0.25) is 0 Å². The molecule has 13 heteroatoms. The standard InChI is InChI=1S/C27H30N2O4.C26H29F2NO4/c1-27-10-9-18-19-13-25(32-2)24(30)12-21(19)23(11-20(18)22(27)7-8-26(27)31)29-33-15-17-5-3-16(14-28)4-6-17;1-26-6-5-17-18-12-24(32-2)23(30)11-20(18)22(10-19(17)21(26)3-4-25(26)31)29-33-13-14-7-15(27)9-16(28)8-14/h3-6,12-13,18,20,22,26,30-31H,7-11,15H2,1-2H3;7-9,11-12,17,19,21,25,30-31H,3-6,10,13H2,1-2H3/t18-,20-,22+,26?,27+;17-,19-,21+,25?,26+/m11/s1. The van der Waals surface area contributed by atoms with E-state index in [4.69, 9.17) is 24.4 Å². The number of fused-ring (bicyclic) bond motifs is 10. The van der Waals surface area contributed by atoms with Crippen LogP contribution in [0.2, 0.25) is 0 Å². The SMILES string of the molecule is COc1cc2c(cc1O)C(=NOCc1cc(F)cc(F)c1)C[C@@H]1[C@@H]2CC[C@]2(C)C(O)CC[C@@H]12.COc1cc2c(cc1O)C(=NOCc1ccc(C#N)cc1)C[C@@H]1[C@@H]2CC[C@]2(C)C(O)CC[C@@H]12. The number of ether oxygens (including phenoxy) is 2. The number of nitriles is 1. The molecule has 0 radical (unpaired) electrons. The minimum absolute atomic E-state index is 0.0338. The van der Waals surface area contributed by atoms with Crippen molar-refractivity contribution in [1.29, 1.82) is 5.26 Å². The number of halogens is 2. The molecule has 6 aliphatic rings. The third-order valence-corrected chi connectivity index (χ3v) is 16.6. The molecule has 0 aliphatic heterocycles. The topological polar surface area (TPSA) is 166 Å². The van der Waals surface area contributed by atoms with E-state index in [0.29, 0.717) is 65.0 Å². The number of aliphatic hydroxyl groups excluding tert-OH is 2. The summed E-state index contributed by atoms with van der Waals surface area (Å²) in [6, 6.07) is 19.9. The van der Waals surface area contributed by atoms with E-state index in [-0.39, 0.29) is 53.0 Å². The second-order valence-corrected chi connectivity index (χ2v) is 19.9. The van der Waals surface area contributed by atoms with E-state index in [2.05, 4.69) is 30.2 Å².